The highest BCUT2D eigenvalue weighted by Crippen LogP contribution is 2.22. The van der Waals surface area contributed by atoms with Gasteiger partial charge in [-0.05, 0) is 62.0 Å². The van der Waals surface area contributed by atoms with Crippen molar-refractivity contribution in [3.8, 4) is 11.4 Å². The van der Waals surface area contributed by atoms with Crippen molar-refractivity contribution in [2.75, 3.05) is 19.6 Å². The zero-order valence-electron chi connectivity index (χ0n) is 15.0. The average Bonchev–Trinajstić information content (AvgIpc) is 3.12. The third-order valence-electron chi connectivity index (χ3n) is 4.88. The minimum atomic E-state index is 0.0838. The number of carbonyl (C=O) groups is 1. The molecule has 26 heavy (non-hydrogen) atoms. The van der Waals surface area contributed by atoms with Gasteiger partial charge in [0.25, 0.3) is 0 Å². The second-order valence-corrected chi connectivity index (χ2v) is 7.34. The highest BCUT2D eigenvalue weighted by atomic mass is 35.5. The molecule has 2 atom stereocenters. The van der Waals surface area contributed by atoms with Crippen molar-refractivity contribution in [1.82, 2.24) is 20.8 Å². The minimum absolute atomic E-state index is 0.0838. The third kappa shape index (κ3) is 5.29. The van der Waals surface area contributed by atoms with Gasteiger partial charge in [0, 0.05) is 30.0 Å². The first-order chi connectivity index (χ1) is 12.6. The molecule has 1 saturated heterocycles. The number of benzene rings is 1. The van der Waals surface area contributed by atoms with E-state index in [1.165, 1.54) is 12.8 Å². The van der Waals surface area contributed by atoms with Gasteiger partial charge in [-0.2, -0.15) is 4.98 Å². The Balaban J connectivity index is 1.41. The van der Waals surface area contributed by atoms with E-state index in [2.05, 4.69) is 27.7 Å². The lowest BCUT2D eigenvalue weighted by Crippen LogP contribution is -2.36. The van der Waals surface area contributed by atoms with Gasteiger partial charge in [-0.25, -0.2) is 0 Å². The summed E-state index contributed by atoms with van der Waals surface area (Å²) in [6.07, 6.45) is 3.48. The number of carbonyl (C=O) groups excluding carboxylic acids is 1. The van der Waals surface area contributed by atoms with Crippen molar-refractivity contribution in [2.45, 2.75) is 32.6 Å². The molecule has 1 aliphatic rings. The van der Waals surface area contributed by atoms with E-state index < -0.39 is 0 Å². The number of amides is 1. The fourth-order valence-corrected chi connectivity index (χ4v) is 3.40. The van der Waals surface area contributed by atoms with Crippen LogP contribution in [-0.2, 0) is 11.2 Å². The van der Waals surface area contributed by atoms with Crippen molar-refractivity contribution >= 4 is 17.5 Å². The predicted molar refractivity (Wildman–Crippen MR) is 101 cm³/mol. The quantitative estimate of drug-likeness (QED) is 0.776. The summed E-state index contributed by atoms with van der Waals surface area (Å²) in [4.78, 5) is 16.5. The Bertz CT molecular complexity index is 711. The third-order valence-corrected chi connectivity index (χ3v) is 5.13. The summed E-state index contributed by atoms with van der Waals surface area (Å²) in [5.41, 5.74) is 0.850. The number of rotatable bonds is 7. The average molecular weight is 377 g/mol. The van der Waals surface area contributed by atoms with E-state index in [-0.39, 0.29) is 5.91 Å². The van der Waals surface area contributed by atoms with Crippen LogP contribution in [0, 0.1) is 11.8 Å². The van der Waals surface area contributed by atoms with E-state index in [1.807, 2.05) is 12.1 Å². The van der Waals surface area contributed by atoms with Crippen LogP contribution in [0.5, 0.6) is 0 Å². The molecule has 0 aliphatic carbocycles. The summed E-state index contributed by atoms with van der Waals surface area (Å²) in [6.45, 7) is 4.77. The van der Waals surface area contributed by atoms with Crippen LogP contribution in [-0.4, -0.2) is 35.7 Å². The van der Waals surface area contributed by atoms with Gasteiger partial charge in [0.05, 0.1) is 0 Å². The molecular formula is C19H25ClN4O2. The molecule has 2 N–H and O–H groups in total. The summed E-state index contributed by atoms with van der Waals surface area (Å²) >= 11 is 5.88. The van der Waals surface area contributed by atoms with E-state index in [0.717, 1.165) is 18.7 Å². The van der Waals surface area contributed by atoms with Gasteiger partial charge in [-0.3, -0.25) is 4.79 Å². The highest BCUT2D eigenvalue weighted by molar-refractivity contribution is 6.30. The summed E-state index contributed by atoms with van der Waals surface area (Å²) in [5, 5.41) is 11.0. The maximum Gasteiger partial charge on any atom is 0.228 e. The Morgan fingerprint density at radius 1 is 1.42 bits per heavy atom. The van der Waals surface area contributed by atoms with E-state index in [1.54, 1.807) is 12.1 Å². The molecule has 0 spiro atoms. The van der Waals surface area contributed by atoms with Gasteiger partial charge in [-0.1, -0.05) is 23.7 Å². The zero-order chi connectivity index (χ0) is 18.4. The molecule has 2 unspecified atom stereocenters. The zero-order valence-corrected chi connectivity index (χ0v) is 15.8. The number of piperidine rings is 1. The van der Waals surface area contributed by atoms with Crippen LogP contribution in [0.2, 0.25) is 5.02 Å². The standard InChI is InChI=1S/C19H25ClN4O2/c1-13(15-3-2-9-21-12-15)11-17(25)22-10-8-18-23-19(24-26-18)14-4-6-16(20)7-5-14/h4-7,13,15,21H,2-3,8-12H2,1H3,(H,22,25). The number of hydrogen-bond acceptors (Lipinski definition) is 5. The van der Waals surface area contributed by atoms with Crippen molar-refractivity contribution in [3.63, 3.8) is 0 Å². The molecule has 3 rings (SSSR count). The first-order valence-electron chi connectivity index (χ1n) is 9.18. The van der Waals surface area contributed by atoms with E-state index in [4.69, 9.17) is 16.1 Å². The van der Waals surface area contributed by atoms with Crippen molar-refractivity contribution < 1.29 is 9.32 Å². The first-order valence-corrected chi connectivity index (χ1v) is 9.55. The molecule has 1 aromatic heterocycles. The second-order valence-electron chi connectivity index (χ2n) is 6.91. The van der Waals surface area contributed by atoms with Crippen LogP contribution in [0.4, 0.5) is 0 Å². The Hall–Kier alpha value is -1.92. The van der Waals surface area contributed by atoms with Crippen LogP contribution in [0.1, 0.15) is 32.1 Å². The molecule has 1 amide bonds. The fourth-order valence-electron chi connectivity index (χ4n) is 3.28. The van der Waals surface area contributed by atoms with Gasteiger partial charge in [0.15, 0.2) is 0 Å². The van der Waals surface area contributed by atoms with Crippen molar-refractivity contribution in [1.29, 1.82) is 0 Å². The van der Waals surface area contributed by atoms with Crippen LogP contribution in [0.15, 0.2) is 28.8 Å². The van der Waals surface area contributed by atoms with Gasteiger partial charge in [0.2, 0.25) is 17.6 Å². The molecule has 1 aliphatic heterocycles. The lowest BCUT2D eigenvalue weighted by Gasteiger charge is -2.27. The molecule has 6 nitrogen and oxygen atoms in total. The van der Waals surface area contributed by atoms with Gasteiger partial charge >= 0.3 is 0 Å². The summed E-state index contributed by atoms with van der Waals surface area (Å²) < 4.78 is 5.25. The molecule has 0 radical (unpaired) electrons. The lowest BCUT2D eigenvalue weighted by atomic mass is 9.85. The normalized spacial score (nSPS) is 18.5. The summed E-state index contributed by atoms with van der Waals surface area (Å²) in [6, 6.07) is 7.27. The van der Waals surface area contributed by atoms with E-state index in [0.29, 0.717) is 48.0 Å². The van der Waals surface area contributed by atoms with Crippen molar-refractivity contribution in [2.24, 2.45) is 11.8 Å². The van der Waals surface area contributed by atoms with Gasteiger partial charge in [0.1, 0.15) is 0 Å². The molecule has 140 valence electrons. The van der Waals surface area contributed by atoms with Crippen LogP contribution < -0.4 is 10.6 Å². The summed E-state index contributed by atoms with van der Waals surface area (Å²) in [7, 11) is 0. The molecule has 2 aromatic rings. The molecule has 2 heterocycles. The molecular weight excluding hydrogens is 352 g/mol. The van der Waals surface area contributed by atoms with Crippen LogP contribution in [0.25, 0.3) is 11.4 Å². The monoisotopic (exact) mass is 376 g/mol. The number of nitrogens with zero attached hydrogens (tertiary/aromatic N) is 2. The second kappa shape index (κ2) is 9.14. The molecule has 0 saturated carbocycles. The minimum Gasteiger partial charge on any atom is -0.356 e. The Morgan fingerprint density at radius 3 is 2.96 bits per heavy atom. The Labute approximate surface area is 158 Å². The maximum atomic E-state index is 12.1. The molecule has 1 aromatic carbocycles. The van der Waals surface area contributed by atoms with Crippen molar-refractivity contribution in [3.05, 3.63) is 35.2 Å². The van der Waals surface area contributed by atoms with Gasteiger partial charge < -0.3 is 15.2 Å². The van der Waals surface area contributed by atoms with E-state index >= 15 is 0 Å². The number of halogens is 1. The van der Waals surface area contributed by atoms with Crippen LogP contribution in [0.3, 0.4) is 0 Å². The fraction of sp³-hybridized carbons (Fsp3) is 0.526. The van der Waals surface area contributed by atoms with Gasteiger partial charge in [-0.15, -0.1) is 0 Å². The number of nitrogens with one attached hydrogen (secondary N) is 2. The Kier molecular flexibility index (Phi) is 6.63. The topological polar surface area (TPSA) is 80.1 Å². The number of hydrogen-bond donors (Lipinski definition) is 2. The Morgan fingerprint density at radius 2 is 2.23 bits per heavy atom. The predicted octanol–water partition coefficient (Wildman–Crippen LogP) is 3.07. The highest BCUT2D eigenvalue weighted by Gasteiger charge is 2.21. The maximum absolute atomic E-state index is 12.1. The SMILES string of the molecule is CC(CC(=O)NCCc1nc(-c2ccc(Cl)cc2)no1)C1CCCNC1. The first kappa shape index (κ1) is 18.9. The van der Waals surface area contributed by atoms with Crippen LogP contribution >= 0.6 is 11.6 Å². The largest absolute Gasteiger partial charge is 0.356 e. The summed E-state index contributed by atoms with van der Waals surface area (Å²) in [5.74, 6) is 2.11. The molecule has 1 fully saturated rings. The number of aromatic nitrogens is 2. The molecule has 0 bridgehead atoms. The van der Waals surface area contributed by atoms with E-state index in [9.17, 15) is 4.79 Å². The lowest BCUT2D eigenvalue weighted by molar-refractivity contribution is -0.122. The smallest absolute Gasteiger partial charge is 0.228 e. The molecule has 7 heteroatoms.